The molecule has 18 heavy (non-hydrogen) atoms. The molecule has 1 saturated heterocycles. The summed E-state index contributed by atoms with van der Waals surface area (Å²) in [6.07, 6.45) is 2.27. The fraction of sp³-hybridized carbons (Fsp3) is 0.615. The summed E-state index contributed by atoms with van der Waals surface area (Å²) < 4.78 is 10.9. The standard InChI is InChI=1S/C13H20N2O3/c1-2-15(9-11-4-3-7-17-11)13(16)12-6-5-10(8-14)18-12/h5-6,11H,2-4,7-9,14H2,1H3. The van der Waals surface area contributed by atoms with Crippen LogP contribution in [-0.4, -0.2) is 36.6 Å². The first-order valence-corrected chi connectivity index (χ1v) is 6.44. The zero-order valence-corrected chi connectivity index (χ0v) is 10.7. The van der Waals surface area contributed by atoms with Crippen LogP contribution in [-0.2, 0) is 11.3 Å². The monoisotopic (exact) mass is 252 g/mol. The van der Waals surface area contributed by atoms with Gasteiger partial charge in [-0.15, -0.1) is 0 Å². The molecule has 1 aliphatic rings. The molecular weight excluding hydrogens is 232 g/mol. The van der Waals surface area contributed by atoms with Crippen LogP contribution in [0.3, 0.4) is 0 Å². The third kappa shape index (κ3) is 2.91. The van der Waals surface area contributed by atoms with E-state index in [0.717, 1.165) is 19.4 Å². The Morgan fingerprint density at radius 3 is 2.94 bits per heavy atom. The molecule has 1 amide bonds. The van der Waals surface area contributed by atoms with Gasteiger partial charge in [-0.2, -0.15) is 0 Å². The van der Waals surface area contributed by atoms with E-state index < -0.39 is 0 Å². The van der Waals surface area contributed by atoms with E-state index in [2.05, 4.69) is 0 Å². The van der Waals surface area contributed by atoms with Crippen LogP contribution >= 0.6 is 0 Å². The second-order valence-corrected chi connectivity index (χ2v) is 4.45. The number of likely N-dealkylation sites (N-methyl/N-ethyl adjacent to an activating group) is 1. The highest BCUT2D eigenvalue weighted by atomic mass is 16.5. The lowest BCUT2D eigenvalue weighted by molar-refractivity contribution is 0.0514. The molecule has 1 unspecified atom stereocenters. The van der Waals surface area contributed by atoms with Crippen molar-refractivity contribution in [2.45, 2.75) is 32.4 Å². The van der Waals surface area contributed by atoms with Gasteiger partial charge in [0, 0.05) is 19.7 Å². The first kappa shape index (κ1) is 13.1. The van der Waals surface area contributed by atoms with Crippen molar-refractivity contribution >= 4 is 5.91 Å². The maximum atomic E-state index is 12.2. The van der Waals surface area contributed by atoms with Crippen molar-refractivity contribution in [3.05, 3.63) is 23.7 Å². The molecule has 1 aromatic heterocycles. The van der Waals surface area contributed by atoms with Crippen LogP contribution in [0.5, 0.6) is 0 Å². The summed E-state index contributed by atoms with van der Waals surface area (Å²) in [6, 6.07) is 3.43. The Kier molecular flexibility index (Phi) is 4.38. The number of ether oxygens (including phenoxy) is 1. The molecule has 0 bridgehead atoms. The molecule has 5 nitrogen and oxygen atoms in total. The molecular formula is C13H20N2O3. The zero-order valence-electron chi connectivity index (χ0n) is 10.7. The number of nitrogens with two attached hydrogens (primary N) is 1. The summed E-state index contributed by atoms with van der Waals surface area (Å²) in [5.74, 6) is 0.898. The topological polar surface area (TPSA) is 68.7 Å². The van der Waals surface area contributed by atoms with E-state index in [1.807, 2.05) is 6.92 Å². The number of rotatable bonds is 5. The SMILES string of the molecule is CCN(CC1CCCO1)C(=O)c1ccc(CN)o1. The van der Waals surface area contributed by atoms with Crippen LogP contribution in [0.15, 0.2) is 16.5 Å². The van der Waals surface area contributed by atoms with Crippen molar-refractivity contribution in [2.75, 3.05) is 19.7 Å². The quantitative estimate of drug-likeness (QED) is 0.859. The Bertz CT molecular complexity index is 397. The predicted molar refractivity (Wildman–Crippen MR) is 67.2 cm³/mol. The lowest BCUT2D eigenvalue weighted by Gasteiger charge is -2.22. The van der Waals surface area contributed by atoms with Crippen LogP contribution in [0, 0.1) is 0 Å². The maximum Gasteiger partial charge on any atom is 0.289 e. The molecule has 1 aromatic rings. The zero-order chi connectivity index (χ0) is 13.0. The molecule has 0 radical (unpaired) electrons. The lowest BCUT2D eigenvalue weighted by atomic mass is 10.2. The lowest BCUT2D eigenvalue weighted by Crippen LogP contribution is -2.37. The van der Waals surface area contributed by atoms with Crippen LogP contribution in [0.1, 0.15) is 36.1 Å². The van der Waals surface area contributed by atoms with Crippen LogP contribution in [0.2, 0.25) is 0 Å². The molecule has 5 heteroatoms. The van der Waals surface area contributed by atoms with Crippen molar-refractivity contribution in [2.24, 2.45) is 5.73 Å². The number of hydrogen-bond donors (Lipinski definition) is 1. The molecule has 0 aliphatic carbocycles. The molecule has 0 spiro atoms. The van der Waals surface area contributed by atoms with E-state index >= 15 is 0 Å². The maximum absolute atomic E-state index is 12.2. The molecule has 2 N–H and O–H groups in total. The predicted octanol–water partition coefficient (Wildman–Crippen LogP) is 1.38. The summed E-state index contributed by atoms with van der Waals surface area (Å²) in [5, 5.41) is 0. The van der Waals surface area contributed by atoms with E-state index in [1.54, 1.807) is 17.0 Å². The van der Waals surface area contributed by atoms with E-state index in [0.29, 0.717) is 31.2 Å². The van der Waals surface area contributed by atoms with Gasteiger partial charge in [0.05, 0.1) is 12.6 Å². The van der Waals surface area contributed by atoms with E-state index in [9.17, 15) is 4.79 Å². The van der Waals surface area contributed by atoms with Crippen molar-refractivity contribution in [3.8, 4) is 0 Å². The minimum atomic E-state index is -0.0901. The van der Waals surface area contributed by atoms with Crippen molar-refractivity contribution < 1.29 is 13.9 Å². The summed E-state index contributed by atoms with van der Waals surface area (Å²) in [4.78, 5) is 14.0. The minimum absolute atomic E-state index is 0.0901. The number of carbonyl (C=O) groups is 1. The number of furan rings is 1. The van der Waals surface area contributed by atoms with Gasteiger partial charge in [-0.05, 0) is 31.9 Å². The van der Waals surface area contributed by atoms with E-state index in [1.165, 1.54) is 0 Å². The van der Waals surface area contributed by atoms with Gasteiger partial charge in [0.1, 0.15) is 5.76 Å². The summed E-state index contributed by atoms with van der Waals surface area (Å²) in [5.41, 5.74) is 5.47. The number of nitrogens with zero attached hydrogens (tertiary/aromatic N) is 1. The van der Waals surface area contributed by atoms with E-state index in [4.69, 9.17) is 14.9 Å². The highest BCUT2D eigenvalue weighted by Crippen LogP contribution is 2.16. The molecule has 1 aliphatic heterocycles. The first-order chi connectivity index (χ1) is 8.74. The molecule has 1 atom stereocenters. The van der Waals surface area contributed by atoms with Crippen LogP contribution < -0.4 is 5.73 Å². The number of carbonyl (C=O) groups excluding carboxylic acids is 1. The highest BCUT2D eigenvalue weighted by Gasteiger charge is 2.23. The Labute approximate surface area is 107 Å². The van der Waals surface area contributed by atoms with Gasteiger partial charge >= 0.3 is 0 Å². The minimum Gasteiger partial charge on any atom is -0.455 e. The second-order valence-electron chi connectivity index (χ2n) is 4.45. The fourth-order valence-electron chi connectivity index (χ4n) is 2.15. The third-order valence-corrected chi connectivity index (χ3v) is 3.19. The second kappa shape index (κ2) is 6.02. The molecule has 2 rings (SSSR count). The van der Waals surface area contributed by atoms with Crippen molar-refractivity contribution in [3.63, 3.8) is 0 Å². The van der Waals surface area contributed by atoms with Crippen LogP contribution in [0.4, 0.5) is 0 Å². The van der Waals surface area contributed by atoms with E-state index in [-0.39, 0.29) is 12.0 Å². The van der Waals surface area contributed by atoms with Gasteiger partial charge in [0.25, 0.3) is 5.91 Å². The summed E-state index contributed by atoms with van der Waals surface area (Å²) in [6.45, 7) is 4.35. The largest absolute Gasteiger partial charge is 0.455 e. The Morgan fingerprint density at radius 2 is 2.39 bits per heavy atom. The number of hydrogen-bond acceptors (Lipinski definition) is 4. The normalized spacial score (nSPS) is 19.1. The smallest absolute Gasteiger partial charge is 0.289 e. The average Bonchev–Trinajstić information content (AvgIpc) is 3.06. The molecule has 0 saturated carbocycles. The molecule has 1 fully saturated rings. The number of amides is 1. The van der Waals surface area contributed by atoms with Crippen molar-refractivity contribution in [1.82, 2.24) is 4.90 Å². The molecule has 2 heterocycles. The molecule has 100 valence electrons. The van der Waals surface area contributed by atoms with Gasteiger partial charge < -0.3 is 19.8 Å². The van der Waals surface area contributed by atoms with Gasteiger partial charge in [-0.3, -0.25) is 4.79 Å². The van der Waals surface area contributed by atoms with Gasteiger partial charge in [-0.1, -0.05) is 0 Å². The Balaban J connectivity index is 1.99. The van der Waals surface area contributed by atoms with Gasteiger partial charge in [0.15, 0.2) is 5.76 Å². The Hall–Kier alpha value is -1.33. The average molecular weight is 252 g/mol. The molecule has 0 aromatic carbocycles. The highest BCUT2D eigenvalue weighted by molar-refractivity contribution is 5.91. The van der Waals surface area contributed by atoms with Gasteiger partial charge in [0.2, 0.25) is 0 Å². The van der Waals surface area contributed by atoms with Crippen molar-refractivity contribution in [1.29, 1.82) is 0 Å². The van der Waals surface area contributed by atoms with Crippen LogP contribution in [0.25, 0.3) is 0 Å². The fourth-order valence-corrected chi connectivity index (χ4v) is 2.15. The Morgan fingerprint density at radius 1 is 1.56 bits per heavy atom. The van der Waals surface area contributed by atoms with Gasteiger partial charge in [-0.25, -0.2) is 0 Å². The third-order valence-electron chi connectivity index (χ3n) is 3.19. The first-order valence-electron chi connectivity index (χ1n) is 6.44. The summed E-state index contributed by atoms with van der Waals surface area (Å²) in [7, 11) is 0. The summed E-state index contributed by atoms with van der Waals surface area (Å²) >= 11 is 0.